The molecule has 2 aromatic heterocycles. The fourth-order valence-electron chi connectivity index (χ4n) is 1.89. The van der Waals surface area contributed by atoms with E-state index in [4.69, 9.17) is 5.73 Å². The van der Waals surface area contributed by atoms with Gasteiger partial charge >= 0.3 is 0 Å². The number of aryl methyl sites for hydroxylation is 2. The van der Waals surface area contributed by atoms with E-state index < -0.39 is 24.9 Å². The largest absolute Gasteiger partial charge is 0.346 e. The monoisotopic (exact) mass is 309 g/mol. The summed E-state index contributed by atoms with van der Waals surface area (Å²) in [6.07, 6.45) is 1.32. The molecule has 0 atom stereocenters. The molecule has 8 heteroatoms. The molecule has 0 saturated carbocycles. The van der Waals surface area contributed by atoms with Crippen molar-refractivity contribution in [2.45, 2.75) is 19.8 Å². The van der Waals surface area contributed by atoms with Gasteiger partial charge in [0.2, 0.25) is 0 Å². The molecule has 0 unspecified atom stereocenters. The highest BCUT2D eigenvalue weighted by Crippen LogP contribution is 2.11. The molecule has 1 amide bonds. The van der Waals surface area contributed by atoms with E-state index in [1.807, 2.05) is 19.9 Å². The van der Waals surface area contributed by atoms with Gasteiger partial charge in [0, 0.05) is 11.9 Å². The van der Waals surface area contributed by atoms with Crippen LogP contribution in [0.3, 0.4) is 0 Å². The Kier molecular flexibility index (Phi) is 4.51. The molecule has 3 N–H and O–H groups in total. The molecule has 0 aliphatic rings. The first-order chi connectivity index (χ1) is 10.3. The van der Waals surface area contributed by atoms with Gasteiger partial charge in [-0.05, 0) is 32.0 Å². The zero-order valence-corrected chi connectivity index (χ0v) is 12.3. The quantitative estimate of drug-likeness (QED) is 0.869. The van der Waals surface area contributed by atoms with Gasteiger partial charge in [0.25, 0.3) is 11.8 Å². The minimum Gasteiger partial charge on any atom is -0.346 e. The van der Waals surface area contributed by atoms with Crippen LogP contribution in [0.5, 0.6) is 0 Å². The summed E-state index contributed by atoms with van der Waals surface area (Å²) in [4.78, 5) is 15.9. The van der Waals surface area contributed by atoms with Gasteiger partial charge < -0.3 is 11.1 Å². The molecular weight excluding hydrogens is 292 g/mol. The number of hydrogen-bond acceptors (Lipinski definition) is 4. The van der Waals surface area contributed by atoms with E-state index in [0.717, 1.165) is 11.4 Å². The first-order valence-corrected chi connectivity index (χ1v) is 6.68. The number of aromatic nitrogens is 3. The van der Waals surface area contributed by atoms with E-state index in [1.165, 1.54) is 12.3 Å². The Morgan fingerprint density at radius 1 is 1.41 bits per heavy atom. The van der Waals surface area contributed by atoms with Crippen molar-refractivity contribution in [3.63, 3.8) is 0 Å². The van der Waals surface area contributed by atoms with E-state index in [-0.39, 0.29) is 5.56 Å². The van der Waals surface area contributed by atoms with Crippen LogP contribution in [0.25, 0.3) is 5.82 Å². The van der Waals surface area contributed by atoms with Gasteiger partial charge in [-0.1, -0.05) is 0 Å². The number of nitrogens with one attached hydrogen (secondary N) is 1. The molecular formula is C14H17F2N5O. The van der Waals surface area contributed by atoms with Crippen molar-refractivity contribution in [1.29, 1.82) is 0 Å². The van der Waals surface area contributed by atoms with E-state index >= 15 is 0 Å². The van der Waals surface area contributed by atoms with Crippen molar-refractivity contribution in [2.24, 2.45) is 5.73 Å². The number of carbonyl (C=O) groups excluding carboxylic acids is 1. The zero-order chi connectivity index (χ0) is 16.3. The normalized spacial score (nSPS) is 11.5. The number of rotatable bonds is 5. The second-order valence-electron chi connectivity index (χ2n) is 4.99. The molecule has 2 rings (SSSR count). The van der Waals surface area contributed by atoms with Crippen molar-refractivity contribution in [3.05, 3.63) is 41.3 Å². The topological polar surface area (TPSA) is 85.8 Å². The predicted molar refractivity (Wildman–Crippen MR) is 77.2 cm³/mol. The lowest BCUT2D eigenvalue weighted by Gasteiger charge is -2.14. The fourth-order valence-corrected chi connectivity index (χ4v) is 1.89. The third-order valence-electron chi connectivity index (χ3n) is 3.04. The summed E-state index contributed by atoms with van der Waals surface area (Å²) in [7, 11) is 0. The number of nitrogens with zero attached hydrogens (tertiary/aromatic N) is 3. The Bertz CT molecular complexity index is 666. The molecule has 0 spiro atoms. The van der Waals surface area contributed by atoms with Crippen LogP contribution in [-0.4, -0.2) is 39.7 Å². The minimum atomic E-state index is -3.12. The highest BCUT2D eigenvalue weighted by molar-refractivity contribution is 5.93. The standard InChI is InChI=1S/C14H17F2N5O/c1-9-5-10(2)21(20-9)12-4-3-11(6-18-12)13(22)19-8-14(15,16)7-17/h3-6H,7-8,17H2,1-2H3,(H,19,22). The minimum absolute atomic E-state index is 0.193. The van der Waals surface area contributed by atoms with Crippen molar-refractivity contribution in [2.75, 3.05) is 13.1 Å². The van der Waals surface area contributed by atoms with E-state index in [1.54, 1.807) is 10.7 Å². The molecule has 0 aliphatic heterocycles. The van der Waals surface area contributed by atoms with Gasteiger partial charge in [-0.3, -0.25) is 4.79 Å². The van der Waals surface area contributed by atoms with Crippen LogP contribution in [0, 0.1) is 13.8 Å². The number of halogens is 2. The number of alkyl halides is 2. The molecule has 0 fully saturated rings. The third kappa shape index (κ3) is 3.64. The Labute approximate surface area is 126 Å². The molecule has 0 bridgehead atoms. The highest BCUT2D eigenvalue weighted by atomic mass is 19.3. The maximum atomic E-state index is 13.0. The van der Waals surface area contributed by atoms with Gasteiger partial charge in [-0.15, -0.1) is 0 Å². The summed E-state index contributed by atoms with van der Waals surface area (Å²) in [6, 6.07) is 5.02. The summed E-state index contributed by atoms with van der Waals surface area (Å²) in [6.45, 7) is 2.13. The summed E-state index contributed by atoms with van der Waals surface area (Å²) in [5, 5.41) is 6.41. The highest BCUT2D eigenvalue weighted by Gasteiger charge is 2.27. The molecule has 118 valence electrons. The number of hydrogen-bond donors (Lipinski definition) is 2. The van der Waals surface area contributed by atoms with E-state index in [2.05, 4.69) is 15.4 Å². The second-order valence-corrected chi connectivity index (χ2v) is 4.99. The van der Waals surface area contributed by atoms with E-state index in [9.17, 15) is 13.6 Å². The zero-order valence-electron chi connectivity index (χ0n) is 12.3. The second kappa shape index (κ2) is 6.18. The molecule has 0 aromatic carbocycles. The Morgan fingerprint density at radius 2 is 2.14 bits per heavy atom. The number of amides is 1. The molecule has 0 radical (unpaired) electrons. The number of nitrogens with two attached hydrogens (primary N) is 1. The Morgan fingerprint density at radius 3 is 2.64 bits per heavy atom. The maximum Gasteiger partial charge on any atom is 0.277 e. The van der Waals surface area contributed by atoms with Crippen LogP contribution in [0.15, 0.2) is 24.4 Å². The van der Waals surface area contributed by atoms with Crippen molar-refractivity contribution in [3.8, 4) is 5.82 Å². The first kappa shape index (κ1) is 16.0. The maximum absolute atomic E-state index is 13.0. The molecule has 6 nitrogen and oxygen atoms in total. The van der Waals surface area contributed by atoms with Gasteiger partial charge in [-0.2, -0.15) is 5.10 Å². The summed E-state index contributed by atoms with van der Waals surface area (Å²) in [5.41, 5.74) is 6.86. The Hall–Kier alpha value is -2.35. The van der Waals surface area contributed by atoms with Gasteiger partial charge in [0.15, 0.2) is 5.82 Å². The van der Waals surface area contributed by atoms with Gasteiger partial charge in [-0.25, -0.2) is 18.4 Å². The average molecular weight is 309 g/mol. The lowest BCUT2D eigenvalue weighted by atomic mass is 10.2. The van der Waals surface area contributed by atoms with E-state index in [0.29, 0.717) is 5.82 Å². The summed E-state index contributed by atoms with van der Waals surface area (Å²) >= 11 is 0. The van der Waals surface area contributed by atoms with Crippen LogP contribution >= 0.6 is 0 Å². The van der Waals surface area contributed by atoms with Crippen LogP contribution in [0.1, 0.15) is 21.7 Å². The fraction of sp³-hybridized carbons (Fsp3) is 0.357. The molecule has 2 aromatic rings. The summed E-state index contributed by atoms with van der Waals surface area (Å²) < 4.78 is 27.6. The van der Waals surface area contributed by atoms with Crippen molar-refractivity contribution >= 4 is 5.91 Å². The smallest absolute Gasteiger partial charge is 0.277 e. The molecule has 0 saturated heterocycles. The Balaban J connectivity index is 2.09. The SMILES string of the molecule is Cc1cc(C)n(-c2ccc(C(=O)NCC(F)(F)CN)cn2)n1. The third-order valence-corrected chi connectivity index (χ3v) is 3.04. The van der Waals surface area contributed by atoms with Crippen LogP contribution in [0.2, 0.25) is 0 Å². The molecule has 22 heavy (non-hydrogen) atoms. The lowest BCUT2D eigenvalue weighted by Crippen LogP contribution is -2.41. The first-order valence-electron chi connectivity index (χ1n) is 6.68. The van der Waals surface area contributed by atoms with Crippen LogP contribution < -0.4 is 11.1 Å². The van der Waals surface area contributed by atoms with Gasteiger partial charge in [0.05, 0.1) is 24.3 Å². The summed E-state index contributed by atoms with van der Waals surface area (Å²) in [5.74, 6) is -3.19. The molecule has 0 aliphatic carbocycles. The van der Waals surface area contributed by atoms with Crippen LogP contribution in [-0.2, 0) is 0 Å². The van der Waals surface area contributed by atoms with Crippen LogP contribution in [0.4, 0.5) is 8.78 Å². The van der Waals surface area contributed by atoms with Gasteiger partial charge in [0.1, 0.15) is 0 Å². The number of pyridine rings is 1. The van der Waals surface area contributed by atoms with Crippen molar-refractivity contribution < 1.29 is 13.6 Å². The van der Waals surface area contributed by atoms with Crippen molar-refractivity contribution in [1.82, 2.24) is 20.1 Å². The molecule has 2 heterocycles. The predicted octanol–water partition coefficient (Wildman–Crippen LogP) is 1.21. The number of carbonyl (C=O) groups is 1. The lowest BCUT2D eigenvalue weighted by molar-refractivity contribution is 0.0118. The average Bonchev–Trinajstić information content (AvgIpc) is 2.84.